The lowest BCUT2D eigenvalue weighted by atomic mass is 9.86. The molecule has 0 saturated carbocycles. The van der Waals surface area contributed by atoms with Gasteiger partial charge in [-0.15, -0.1) is 11.3 Å². The Hall–Kier alpha value is -3.10. The molecule has 2 heteroatoms. The molecule has 0 aliphatic rings. The molecule has 0 radical (unpaired) electrons. The highest BCUT2D eigenvalue weighted by Gasteiger charge is 2.21. The largest absolute Gasteiger partial charge is 0.309 e. The van der Waals surface area contributed by atoms with Gasteiger partial charge in [0.1, 0.15) is 0 Å². The van der Waals surface area contributed by atoms with E-state index in [9.17, 15) is 0 Å². The minimum Gasteiger partial charge on any atom is -0.309 e. The van der Waals surface area contributed by atoms with Crippen molar-refractivity contribution in [2.24, 2.45) is 0 Å². The Kier molecular flexibility index (Phi) is 3.66. The molecule has 2 heterocycles. The summed E-state index contributed by atoms with van der Waals surface area (Å²) >= 11 is 1.95. The highest BCUT2D eigenvalue weighted by molar-refractivity contribution is 7.27. The number of rotatable bonds is 1. The molecule has 146 valence electrons. The van der Waals surface area contributed by atoms with Crippen LogP contribution in [0.4, 0.5) is 0 Å². The standard InChI is InChI=1S/C28H23NS/c1-28(2,3)22-14-9-13-19-20-16-17-24-25(27(20)30-26(19)22)21-12-7-8-15-23(21)29(24)18-10-5-4-6-11-18/h4-17H,1-3H3. The molecule has 0 aliphatic carbocycles. The van der Waals surface area contributed by atoms with Crippen molar-refractivity contribution in [3.05, 3.63) is 90.5 Å². The van der Waals surface area contributed by atoms with E-state index in [-0.39, 0.29) is 5.41 Å². The number of aromatic nitrogens is 1. The molecule has 0 fully saturated rings. The summed E-state index contributed by atoms with van der Waals surface area (Å²) in [5, 5.41) is 5.43. The zero-order chi connectivity index (χ0) is 20.5. The highest BCUT2D eigenvalue weighted by atomic mass is 32.1. The number of thiophene rings is 1. The van der Waals surface area contributed by atoms with E-state index < -0.39 is 0 Å². The first-order chi connectivity index (χ1) is 14.5. The topological polar surface area (TPSA) is 4.93 Å². The first-order valence-electron chi connectivity index (χ1n) is 10.5. The fraction of sp³-hybridized carbons (Fsp3) is 0.143. The van der Waals surface area contributed by atoms with E-state index in [1.54, 1.807) is 0 Å². The van der Waals surface area contributed by atoms with Crippen molar-refractivity contribution in [3.63, 3.8) is 0 Å². The highest BCUT2D eigenvalue weighted by Crippen LogP contribution is 2.45. The molecule has 1 nitrogen and oxygen atoms in total. The van der Waals surface area contributed by atoms with Gasteiger partial charge in [0.15, 0.2) is 0 Å². The minimum absolute atomic E-state index is 0.123. The van der Waals surface area contributed by atoms with Crippen LogP contribution in [0.1, 0.15) is 26.3 Å². The average Bonchev–Trinajstić information content (AvgIpc) is 3.29. The number of benzene rings is 4. The Morgan fingerprint density at radius 3 is 2.10 bits per heavy atom. The van der Waals surface area contributed by atoms with Crippen LogP contribution in [0.3, 0.4) is 0 Å². The van der Waals surface area contributed by atoms with Crippen LogP contribution in [-0.2, 0) is 5.41 Å². The van der Waals surface area contributed by atoms with Crippen molar-refractivity contribution in [2.75, 3.05) is 0 Å². The lowest BCUT2D eigenvalue weighted by Gasteiger charge is -2.19. The van der Waals surface area contributed by atoms with Crippen LogP contribution in [0.25, 0.3) is 47.7 Å². The van der Waals surface area contributed by atoms with Gasteiger partial charge in [0, 0.05) is 36.6 Å². The van der Waals surface area contributed by atoms with Gasteiger partial charge in [-0.2, -0.15) is 0 Å². The molecule has 0 N–H and O–H groups in total. The first-order valence-corrected chi connectivity index (χ1v) is 11.3. The van der Waals surface area contributed by atoms with Crippen molar-refractivity contribution in [3.8, 4) is 5.69 Å². The van der Waals surface area contributed by atoms with Gasteiger partial charge < -0.3 is 4.57 Å². The molecule has 0 spiro atoms. The summed E-state index contributed by atoms with van der Waals surface area (Å²) in [6.07, 6.45) is 0. The zero-order valence-corrected chi connectivity index (χ0v) is 18.3. The Bertz CT molecular complexity index is 1560. The molecule has 0 atom stereocenters. The SMILES string of the molecule is CC(C)(C)c1cccc2c1sc1c2ccc2c1c1ccccc1n2-c1ccccc1. The lowest BCUT2D eigenvalue weighted by molar-refractivity contribution is 0.597. The van der Waals surface area contributed by atoms with Gasteiger partial charge in [-0.05, 0) is 35.2 Å². The molecule has 0 bridgehead atoms. The molecule has 0 aliphatic heterocycles. The molecule has 2 aromatic heterocycles. The Morgan fingerprint density at radius 1 is 0.600 bits per heavy atom. The van der Waals surface area contributed by atoms with Crippen molar-refractivity contribution in [1.82, 2.24) is 4.57 Å². The summed E-state index contributed by atoms with van der Waals surface area (Å²) in [7, 11) is 0. The van der Waals surface area contributed by atoms with E-state index in [0.29, 0.717) is 0 Å². The van der Waals surface area contributed by atoms with Crippen LogP contribution in [0.2, 0.25) is 0 Å². The van der Waals surface area contributed by atoms with E-state index in [2.05, 4.69) is 110 Å². The molecular weight excluding hydrogens is 382 g/mol. The monoisotopic (exact) mass is 405 g/mol. The third-order valence-electron chi connectivity index (χ3n) is 6.12. The van der Waals surface area contributed by atoms with E-state index in [4.69, 9.17) is 0 Å². The Labute approximate surface area is 180 Å². The Morgan fingerprint density at radius 2 is 1.30 bits per heavy atom. The van der Waals surface area contributed by atoms with Crippen LogP contribution in [-0.4, -0.2) is 4.57 Å². The number of hydrogen-bond acceptors (Lipinski definition) is 1. The third kappa shape index (κ3) is 2.41. The van der Waals surface area contributed by atoms with Gasteiger partial charge in [0.2, 0.25) is 0 Å². The van der Waals surface area contributed by atoms with Gasteiger partial charge in [0.05, 0.1) is 11.0 Å². The molecule has 0 amide bonds. The quantitative estimate of drug-likeness (QED) is 0.258. The summed E-state index contributed by atoms with van der Waals surface area (Å²) in [5.74, 6) is 0. The van der Waals surface area contributed by atoms with Gasteiger partial charge in [0.25, 0.3) is 0 Å². The van der Waals surface area contributed by atoms with Crippen LogP contribution < -0.4 is 0 Å². The fourth-order valence-electron chi connectivity index (χ4n) is 4.75. The molecule has 6 rings (SSSR count). The van der Waals surface area contributed by atoms with Gasteiger partial charge in [-0.25, -0.2) is 0 Å². The maximum Gasteiger partial charge on any atom is 0.0555 e. The second kappa shape index (κ2) is 6.20. The normalized spacial score (nSPS) is 12.5. The molecule has 6 aromatic rings. The second-order valence-electron chi connectivity index (χ2n) is 9.06. The van der Waals surface area contributed by atoms with Crippen LogP contribution in [0.5, 0.6) is 0 Å². The van der Waals surface area contributed by atoms with Crippen LogP contribution in [0, 0.1) is 0 Å². The number of para-hydroxylation sites is 2. The first kappa shape index (κ1) is 17.7. The second-order valence-corrected chi connectivity index (χ2v) is 10.1. The number of hydrogen-bond donors (Lipinski definition) is 0. The fourth-order valence-corrected chi connectivity index (χ4v) is 6.33. The third-order valence-corrected chi connectivity index (χ3v) is 7.39. The maximum absolute atomic E-state index is 2.40. The van der Waals surface area contributed by atoms with Crippen molar-refractivity contribution < 1.29 is 0 Å². The predicted octanol–water partition coefficient (Wildman–Crippen LogP) is 8.45. The summed E-state index contributed by atoms with van der Waals surface area (Å²) in [4.78, 5) is 0. The maximum atomic E-state index is 2.40. The van der Waals surface area contributed by atoms with Gasteiger partial charge in [-0.3, -0.25) is 0 Å². The molecule has 4 aromatic carbocycles. The molecular formula is C28H23NS. The molecule has 30 heavy (non-hydrogen) atoms. The van der Waals surface area contributed by atoms with E-state index in [0.717, 1.165) is 0 Å². The summed E-state index contributed by atoms with van der Waals surface area (Å²) in [6, 6.07) is 30.9. The van der Waals surface area contributed by atoms with Crippen molar-refractivity contribution >= 4 is 53.3 Å². The molecule has 0 saturated heterocycles. The number of fused-ring (bicyclic) bond motifs is 7. The minimum atomic E-state index is 0.123. The lowest BCUT2D eigenvalue weighted by Crippen LogP contribution is -2.10. The van der Waals surface area contributed by atoms with E-state index in [1.165, 1.54) is 53.2 Å². The summed E-state index contributed by atoms with van der Waals surface area (Å²) in [5.41, 5.74) is 5.30. The average molecular weight is 406 g/mol. The van der Waals surface area contributed by atoms with E-state index >= 15 is 0 Å². The summed E-state index contributed by atoms with van der Waals surface area (Å²) in [6.45, 7) is 6.93. The smallest absolute Gasteiger partial charge is 0.0555 e. The number of nitrogens with zero attached hydrogens (tertiary/aromatic N) is 1. The summed E-state index contributed by atoms with van der Waals surface area (Å²) < 4.78 is 5.22. The van der Waals surface area contributed by atoms with Gasteiger partial charge >= 0.3 is 0 Å². The zero-order valence-electron chi connectivity index (χ0n) is 17.4. The Balaban J connectivity index is 1.83. The van der Waals surface area contributed by atoms with E-state index in [1.807, 2.05) is 11.3 Å². The van der Waals surface area contributed by atoms with Gasteiger partial charge in [-0.1, -0.05) is 81.4 Å². The van der Waals surface area contributed by atoms with Crippen molar-refractivity contribution in [1.29, 1.82) is 0 Å². The van der Waals surface area contributed by atoms with Crippen LogP contribution in [0.15, 0.2) is 84.9 Å². The van der Waals surface area contributed by atoms with Crippen molar-refractivity contribution in [2.45, 2.75) is 26.2 Å². The van der Waals surface area contributed by atoms with Crippen LogP contribution >= 0.6 is 11.3 Å². The predicted molar refractivity (Wildman–Crippen MR) is 132 cm³/mol. The molecule has 0 unspecified atom stereocenters.